The van der Waals surface area contributed by atoms with E-state index in [1.165, 1.54) is 5.57 Å². The second-order valence-corrected chi connectivity index (χ2v) is 4.84. The Kier molecular flexibility index (Phi) is 4.00. The van der Waals surface area contributed by atoms with Gasteiger partial charge in [-0.3, -0.25) is 4.98 Å². The Hall–Kier alpha value is -1.38. The van der Waals surface area contributed by atoms with Crippen LogP contribution >= 0.6 is 11.6 Å². The zero-order chi connectivity index (χ0) is 13.1. The average Bonchev–Trinajstić information content (AvgIpc) is 2.41. The monoisotopic (exact) mass is 260 g/mol. The van der Waals surface area contributed by atoms with Crippen molar-refractivity contribution in [2.45, 2.75) is 19.9 Å². The first-order chi connectivity index (χ1) is 8.63. The number of halogens is 1. The summed E-state index contributed by atoms with van der Waals surface area (Å²) in [5, 5.41) is 4.97. The molecular formula is C15H17ClN2. The predicted octanol–water partition coefficient (Wildman–Crippen LogP) is 3.90. The lowest BCUT2D eigenvalue weighted by Gasteiger charge is -2.11. The van der Waals surface area contributed by atoms with E-state index < -0.39 is 0 Å². The Labute approximate surface area is 113 Å². The van der Waals surface area contributed by atoms with Crippen molar-refractivity contribution in [3.8, 4) is 0 Å². The lowest BCUT2D eigenvalue weighted by molar-refractivity contribution is 0.696. The van der Waals surface area contributed by atoms with Crippen LogP contribution in [0, 0.1) is 0 Å². The summed E-state index contributed by atoms with van der Waals surface area (Å²) in [7, 11) is 1.96. The summed E-state index contributed by atoms with van der Waals surface area (Å²) in [5.41, 5.74) is 3.33. The molecule has 0 amide bonds. The number of rotatable bonds is 3. The fourth-order valence-corrected chi connectivity index (χ4v) is 2.09. The number of hydrogen-bond donors (Lipinski definition) is 1. The zero-order valence-electron chi connectivity index (χ0n) is 10.9. The highest BCUT2D eigenvalue weighted by Gasteiger charge is 2.06. The molecule has 0 aliphatic carbocycles. The zero-order valence-corrected chi connectivity index (χ0v) is 11.6. The van der Waals surface area contributed by atoms with E-state index in [2.05, 4.69) is 30.2 Å². The predicted molar refractivity (Wildman–Crippen MR) is 78.9 cm³/mol. The molecule has 3 heteroatoms. The van der Waals surface area contributed by atoms with Crippen LogP contribution in [0.5, 0.6) is 0 Å². The Morgan fingerprint density at radius 3 is 2.89 bits per heavy atom. The van der Waals surface area contributed by atoms with Crippen molar-refractivity contribution in [2.24, 2.45) is 0 Å². The minimum Gasteiger partial charge on any atom is -0.314 e. The lowest BCUT2D eigenvalue weighted by Crippen LogP contribution is -2.21. The molecule has 0 spiro atoms. The quantitative estimate of drug-likeness (QED) is 0.905. The molecule has 1 aromatic heterocycles. The van der Waals surface area contributed by atoms with Gasteiger partial charge in [-0.25, -0.2) is 0 Å². The van der Waals surface area contributed by atoms with E-state index in [4.69, 9.17) is 11.6 Å². The summed E-state index contributed by atoms with van der Waals surface area (Å²) in [6.45, 7) is 4.25. The summed E-state index contributed by atoms with van der Waals surface area (Å²) in [6.07, 6.45) is 3.96. The van der Waals surface area contributed by atoms with Gasteiger partial charge in [0.05, 0.1) is 10.5 Å². The van der Waals surface area contributed by atoms with Gasteiger partial charge in [-0.2, -0.15) is 0 Å². The van der Waals surface area contributed by atoms with E-state index in [0.29, 0.717) is 6.04 Å². The van der Waals surface area contributed by atoms with E-state index in [-0.39, 0.29) is 0 Å². The van der Waals surface area contributed by atoms with Crippen molar-refractivity contribution in [1.82, 2.24) is 10.3 Å². The maximum absolute atomic E-state index is 6.18. The summed E-state index contributed by atoms with van der Waals surface area (Å²) < 4.78 is 0. The van der Waals surface area contributed by atoms with Gasteiger partial charge in [-0.05, 0) is 39.1 Å². The van der Waals surface area contributed by atoms with Crippen LogP contribution in [0.3, 0.4) is 0 Å². The maximum Gasteiger partial charge on any atom is 0.0789 e. The molecule has 2 nitrogen and oxygen atoms in total. The third kappa shape index (κ3) is 2.55. The van der Waals surface area contributed by atoms with Crippen LogP contribution in [0.4, 0.5) is 0 Å². The molecule has 0 bridgehead atoms. The van der Waals surface area contributed by atoms with Crippen molar-refractivity contribution in [2.75, 3.05) is 7.05 Å². The molecule has 0 aliphatic heterocycles. The molecule has 0 saturated heterocycles. The molecule has 0 saturated carbocycles. The number of pyridine rings is 1. The van der Waals surface area contributed by atoms with E-state index in [1.54, 1.807) is 6.20 Å². The Morgan fingerprint density at radius 2 is 2.17 bits per heavy atom. The van der Waals surface area contributed by atoms with Gasteiger partial charge in [0.2, 0.25) is 0 Å². The third-order valence-corrected chi connectivity index (χ3v) is 3.58. The van der Waals surface area contributed by atoms with E-state index in [0.717, 1.165) is 21.5 Å². The van der Waals surface area contributed by atoms with E-state index in [9.17, 15) is 0 Å². The molecular weight excluding hydrogens is 244 g/mol. The van der Waals surface area contributed by atoms with Gasteiger partial charge in [0, 0.05) is 23.2 Å². The Morgan fingerprint density at radius 1 is 1.39 bits per heavy atom. The van der Waals surface area contributed by atoms with E-state index >= 15 is 0 Å². The van der Waals surface area contributed by atoms with E-state index in [1.807, 2.05) is 31.3 Å². The van der Waals surface area contributed by atoms with Crippen LogP contribution in [0.1, 0.15) is 19.4 Å². The number of benzene rings is 1. The summed E-state index contributed by atoms with van der Waals surface area (Å²) >= 11 is 6.18. The van der Waals surface area contributed by atoms with Crippen LogP contribution in [0.2, 0.25) is 5.02 Å². The minimum atomic E-state index is 0.347. The number of nitrogens with zero attached hydrogens (tertiary/aromatic N) is 1. The first-order valence-electron chi connectivity index (χ1n) is 6.02. The summed E-state index contributed by atoms with van der Waals surface area (Å²) in [4.78, 5) is 4.43. The standard InChI is InChI=1S/C15H17ClN2/c1-10(11(2)17-3)9-12-6-7-14(16)13-5-4-8-18-15(12)13/h4-9,11,17H,1-3H3/b10-9+. The average molecular weight is 261 g/mol. The first-order valence-corrected chi connectivity index (χ1v) is 6.40. The number of nitrogens with one attached hydrogen (secondary N) is 1. The molecule has 2 aromatic rings. The normalized spacial score (nSPS) is 13.9. The second-order valence-electron chi connectivity index (χ2n) is 4.43. The molecule has 1 aromatic carbocycles. The molecule has 94 valence electrons. The van der Waals surface area contributed by atoms with Gasteiger partial charge in [0.25, 0.3) is 0 Å². The summed E-state index contributed by atoms with van der Waals surface area (Å²) in [6, 6.07) is 8.20. The van der Waals surface area contributed by atoms with Gasteiger partial charge in [0.15, 0.2) is 0 Å². The van der Waals surface area contributed by atoms with Crippen LogP contribution in [-0.2, 0) is 0 Å². The second kappa shape index (κ2) is 5.51. The van der Waals surface area contributed by atoms with Gasteiger partial charge < -0.3 is 5.32 Å². The molecule has 1 heterocycles. The molecule has 0 radical (unpaired) electrons. The summed E-state index contributed by atoms with van der Waals surface area (Å²) in [5.74, 6) is 0. The van der Waals surface area contributed by atoms with Gasteiger partial charge >= 0.3 is 0 Å². The minimum absolute atomic E-state index is 0.347. The van der Waals surface area contributed by atoms with Gasteiger partial charge in [-0.15, -0.1) is 0 Å². The van der Waals surface area contributed by atoms with Crippen molar-refractivity contribution in [3.05, 3.63) is 46.6 Å². The SMILES string of the molecule is CNC(C)/C(C)=C/c1ccc(Cl)c2cccnc12. The largest absolute Gasteiger partial charge is 0.314 e. The lowest BCUT2D eigenvalue weighted by atomic mass is 10.0. The van der Waals surface area contributed by atoms with Crippen molar-refractivity contribution in [1.29, 1.82) is 0 Å². The van der Waals surface area contributed by atoms with Crippen LogP contribution in [0.25, 0.3) is 17.0 Å². The molecule has 0 fully saturated rings. The molecule has 2 rings (SSSR count). The number of fused-ring (bicyclic) bond motifs is 1. The fraction of sp³-hybridized carbons (Fsp3) is 0.267. The number of hydrogen-bond acceptors (Lipinski definition) is 2. The van der Waals surface area contributed by atoms with Crippen LogP contribution < -0.4 is 5.32 Å². The Balaban J connectivity index is 2.56. The molecule has 0 aliphatic rings. The molecule has 1 unspecified atom stereocenters. The van der Waals surface area contributed by atoms with Crippen molar-refractivity contribution >= 4 is 28.6 Å². The van der Waals surface area contributed by atoms with Crippen molar-refractivity contribution < 1.29 is 0 Å². The van der Waals surface area contributed by atoms with Crippen molar-refractivity contribution in [3.63, 3.8) is 0 Å². The number of likely N-dealkylation sites (N-methyl/N-ethyl adjacent to an activating group) is 1. The number of aromatic nitrogens is 1. The highest BCUT2D eigenvalue weighted by atomic mass is 35.5. The van der Waals surface area contributed by atoms with Crippen LogP contribution in [0.15, 0.2) is 36.0 Å². The first kappa shape index (κ1) is 13.1. The molecule has 18 heavy (non-hydrogen) atoms. The van der Waals surface area contributed by atoms with Gasteiger partial charge in [0.1, 0.15) is 0 Å². The smallest absolute Gasteiger partial charge is 0.0789 e. The highest BCUT2D eigenvalue weighted by Crippen LogP contribution is 2.26. The van der Waals surface area contributed by atoms with Gasteiger partial charge in [-0.1, -0.05) is 29.3 Å². The topological polar surface area (TPSA) is 24.9 Å². The highest BCUT2D eigenvalue weighted by molar-refractivity contribution is 6.35. The van der Waals surface area contributed by atoms with Crippen LogP contribution in [-0.4, -0.2) is 18.1 Å². The Bertz CT molecular complexity index is 590. The third-order valence-electron chi connectivity index (χ3n) is 3.25. The molecule has 1 N–H and O–H groups in total. The fourth-order valence-electron chi connectivity index (χ4n) is 1.87. The maximum atomic E-state index is 6.18. The molecule has 1 atom stereocenters.